The van der Waals surface area contributed by atoms with E-state index < -0.39 is 5.97 Å². The van der Waals surface area contributed by atoms with Crippen LogP contribution in [-0.2, 0) is 0 Å². The van der Waals surface area contributed by atoms with E-state index in [2.05, 4.69) is 0 Å². The molecule has 0 aromatic heterocycles. The van der Waals surface area contributed by atoms with Crippen LogP contribution in [0.5, 0.6) is 0 Å². The van der Waals surface area contributed by atoms with Gasteiger partial charge in [-0.1, -0.05) is 31.5 Å². The average Bonchev–Trinajstić information content (AvgIpc) is 2.13. The molecule has 13 heavy (non-hydrogen) atoms. The molecule has 0 aliphatic carbocycles. The molecule has 0 spiro atoms. The Bertz CT molecular complexity index is 295. The van der Waals surface area contributed by atoms with E-state index in [1.807, 2.05) is 13.8 Å². The largest absolute Gasteiger partial charge is 0.478 e. The van der Waals surface area contributed by atoms with E-state index in [1.54, 1.807) is 19.1 Å². The Labute approximate surface area is 83.2 Å². The molecule has 2 nitrogen and oxygen atoms in total. The maximum Gasteiger partial charge on any atom is 0.336 e. The Morgan fingerprint density at radius 3 is 2.31 bits per heavy atom. The standard InChI is InChI=1S/C8H7ClO2.C2H6/c1-5-6(8(10)11)3-2-4-7(5)9;1-2/h2-4H,1H3,(H,10,11);1-2H3. The highest BCUT2D eigenvalue weighted by Gasteiger charge is 2.07. The fraction of sp³-hybridized carbons (Fsp3) is 0.300. The number of carbonyl (C=O) groups is 1. The van der Waals surface area contributed by atoms with Crippen LogP contribution in [0.1, 0.15) is 29.8 Å². The van der Waals surface area contributed by atoms with Crippen LogP contribution < -0.4 is 0 Å². The highest BCUT2D eigenvalue weighted by Crippen LogP contribution is 2.18. The van der Waals surface area contributed by atoms with Crippen LogP contribution in [0.2, 0.25) is 5.02 Å². The molecule has 0 amide bonds. The van der Waals surface area contributed by atoms with Gasteiger partial charge in [0.05, 0.1) is 5.56 Å². The van der Waals surface area contributed by atoms with Gasteiger partial charge in [-0.15, -0.1) is 0 Å². The van der Waals surface area contributed by atoms with Crippen LogP contribution in [0, 0.1) is 6.92 Å². The van der Waals surface area contributed by atoms with Crippen molar-refractivity contribution in [3.8, 4) is 0 Å². The number of carboxylic acids is 1. The van der Waals surface area contributed by atoms with Gasteiger partial charge in [-0.25, -0.2) is 4.79 Å². The van der Waals surface area contributed by atoms with Gasteiger partial charge in [0.15, 0.2) is 0 Å². The molecular formula is C10H13ClO2. The highest BCUT2D eigenvalue weighted by atomic mass is 35.5. The summed E-state index contributed by atoms with van der Waals surface area (Å²) in [7, 11) is 0. The monoisotopic (exact) mass is 200 g/mol. The van der Waals surface area contributed by atoms with Gasteiger partial charge in [-0.05, 0) is 24.6 Å². The Morgan fingerprint density at radius 2 is 1.92 bits per heavy atom. The summed E-state index contributed by atoms with van der Waals surface area (Å²) in [6, 6.07) is 4.83. The Hall–Kier alpha value is -1.02. The molecule has 0 radical (unpaired) electrons. The van der Waals surface area contributed by atoms with Gasteiger partial charge in [-0.2, -0.15) is 0 Å². The first-order valence-electron chi connectivity index (χ1n) is 4.11. The third-order valence-electron chi connectivity index (χ3n) is 1.50. The average molecular weight is 201 g/mol. The maximum absolute atomic E-state index is 10.5. The number of hydrogen-bond donors (Lipinski definition) is 1. The van der Waals surface area contributed by atoms with Crippen molar-refractivity contribution < 1.29 is 9.90 Å². The maximum atomic E-state index is 10.5. The molecule has 0 saturated carbocycles. The molecule has 0 aliphatic rings. The van der Waals surface area contributed by atoms with E-state index in [-0.39, 0.29) is 5.56 Å². The van der Waals surface area contributed by atoms with Gasteiger partial charge in [0.25, 0.3) is 0 Å². The summed E-state index contributed by atoms with van der Waals surface area (Å²) in [5.74, 6) is -0.940. The van der Waals surface area contributed by atoms with E-state index in [0.29, 0.717) is 10.6 Å². The molecule has 3 heteroatoms. The summed E-state index contributed by atoms with van der Waals surface area (Å²) in [6.07, 6.45) is 0. The minimum absolute atomic E-state index is 0.262. The van der Waals surface area contributed by atoms with Gasteiger partial charge in [0, 0.05) is 5.02 Å². The van der Waals surface area contributed by atoms with Crippen molar-refractivity contribution in [2.45, 2.75) is 20.8 Å². The van der Waals surface area contributed by atoms with Crippen molar-refractivity contribution in [1.29, 1.82) is 0 Å². The minimum atomic E-state index is -0.940. The van der Waals surface area contributed by atoms with Crippen LogP contribution in [0.4, 0.5) is 0 Å². The lowest BCUT2D eigenvalue weighted by atomic mass is 10.1. The Balaban J connectivity index is 0.000000671. The first kappa shape index (κ1) is 12.0. The predicted molar refractivity (Wildman–Crippen MR) is 54.5 cm³/mol. The van der Waals surface area contributed by atoms with Crippen LogP contribution in [0.3, 0.4) is 0 Å². The van der Waals surface area contributed by atoms with Gasteiger partial charge < -0.3 is 5.11 Å². The summed E-state index contributed by atoms with van der Waals surface area (Å²) in [5.41, 5.74) is 0.874. The Kier molecular flexibility index (Phi) is 5.16. The zero-order valence-electron chi connectivity index (χ0n) is 7.97. The second-order valence-electron chi connectivity index (χ2n) is 2.22. The minimum Gasteiger partial charge on any atom is -0.478 e. The van der Waals surface area contributed by atoms with Crippen molar-refractivity contribution >= 4 is 17.6 Å². The van der Waals surface area contributed by atoms with Crippen LogP contribution in [-0.4, -0.2) is 11.1 Å². The second-order valence-corrected chi connectivity index (χ2v) is 2.62. The fourth-order valence-electron chi connectivity index (χ4n) is 0.839. The SMILES string of the molecule is CC.Cc1c(Cl)cccc1C(=O)O. The third kappa shape index (κ3) is 3.07. The van der Waals surface area contributed by atoms with Crippen molar-refractivity contribution in [1.82, 2.24) is 0 Å². The number of benzene rings is 1. The highest BCUT2D eigenvalue weighted by molar-refractivity contribution is 6.31. The fourth-order valence-corrected chi connectivity index (χ4v) is 1.01. The first-order chi connectivity index (χ1) is 6.13. The smallest absolute Gasteiger partial charge is 0.336 e. The molecule has 1 aromatic carbocycles. The number of rotatable bonds is 1. The van der Waals surface area contributed by atoms with Crippen molar-refractivity contribution in [2.75, 3.05) is 0 Å². The molecular weight excluding hydrogens is 188 g/mol. The van der Waals surface area contributed by atoms with E-state index in [1.165, 1.54) is 6.07 Å². The van der Waals surface area contributed by atoms with Crippen LogP contribution >= 0.6 is 11.6 Å². The molecule has 0 heterocycles. The molecule has 0 atom stereocenters. The first-order valence-corrected chi connectivity index (χ1v) is 4.49. The van der Waals surface area contributed by atoms with Crippen molar-refractivity contribution in [3.63, 3.8) is 0 Å². The van der Waals surface area contributed by atoms with E-state index in [9.17, 15) is 4.79 Å². The molecule has 0 bridgehead atoms. The summed E-state index contributed by atoms with van der Waals surface area (Å²) in [6.45, 7) is 5.69. The lowest BCUT2D eigenvalue weighted by molar-refractivity contribution is 0.0696. The Morgan fingerprint density at radius 1 is 1.38 bits per heavy atom. The van der Waals surface area contributed by atoms with Gasteiger partial charge in [0.2, 0.25) is 0 Å². The van der Waals surface area contributed by atoms with E-state index >= 15 is 0 Å². The molecule has 1 aromatic rings. The topological polar surface area (TPSA) is 37.3 Å². The molecule has 0 fully saturated rings. The number of aromatic carboxylic acids is 1. The van der Waals surface area contributed by atoms with Crippen LogP contribution in [0.25, 0.3) is 0 Å². The predicted octanol–water partition coefficient (Wildman–Crippen LogP) is 3.37. The molecule has 72 valence electrons. The zero-order valence-corrected chi connectivity index (χ0v) is 8.72. The third-order valence-corrected chi connectivity index (χ3v) is 1.91. The van der Waals surface area contributed by atoms with Crippen molar-refractivity contribution in [3.05, 3.63) is 34.3 Å². The second kappa shape index (κ2) is 5.60. The van der Waals surface area contributed by atoms with E-state index in [0.717, 1.165) is 0 Å². The molecule has 0 aliphatic heterocycles. The van der Waals surface area contributed by atoms with Gasteiger partial charge in [0.1, 0.15) is 0 Å². The van der Waals surface area contributed by atoms with Gasteiger partial charge in [-0.3, -0.25) is 0 Å². The lowest BCUT2D eigenvalue weighted by Crippen LogP contribution is -1.99. The molecule has 1 N–H and O–H groups in total. The summed E-state index contributed by atoms with van der Waals surface area (Å²) < 4.78 is 0. The van der Waals surface area contributed by atoms with Gasteiger partial charge >= 0.3 is 5.97 Å². The van der Waals surface area contributed by atoms with Crippen LogP contribution in [0.15, 0.2) is 18.2 Å². The number of hydrogen-bond acceptors (Lipinski definition) is 1. The lowest BCUT2D eigenvalue weighted by Gasteiger charge is -2.00. The number of halogens is 1. The van der Waals surface area contributed by atoms with Crippen molar-refractivity contribution in [2.24, 2.45) is 0 Å². The quantitative estimate of drug-likeness (QED) is 0.755. The molecule has 1 rings (SSSR count). The molecule has 0 unspecified atom stereocenters. The summed E-state index contributed by atoms with van der Waals surface area (Å²) in [5, 5.41) is 9.12. The number of carboxylic acid groups (broad SMARTS) is 1. The molecule has 0 saturated heterocycles. The zero-order chi connectivity index (χ0) is 10.4. The normalized spacial score (nSPS) is 8.62. The summed E-state index contributed by atoms with van der Waals surface area (Å²) in [4.78, 5) is 10.5. The van der Waals surface area contributed by atoms with E-state index in [4.69, 9.17) is 16.7 Å². The summed E-state index contributed by atoms with van der Waals surface area (Å²) >= 11 is 5.69.